The van der Waals surface area contributed by atoms with Gasteiger partial charge in [0, 0.05) is 13.0 Å². The number of hydrogen-bond acceptors (Lipinski definition) is 4. The monoisotopic (exact) mass is 346 g/mol. The van der Waals surface area contributed by atoms with Crippen molar-refractivity contribution in [1.29, 1.82) is 0 Å². The summed E-state index contributed by atoms with van der Waals surface area (Å²) < 4.78 is 0. The summed E-state index contributed by atoms with van der Waals surface area (Å²) in [5.74, 6) is -1.71. The predicted octanol–water partition coefficient (Wildman–Crippen LogP) is 1.68. The van der Waals surface area contributed by atoms with Gasteiger partial charge in [0.2, 0.25) is 5.91 Å². The molecule has 126 valence electrons. The van der Waals surface area contributed by atoms with Crippen molar-refractivity contribution in [3.05, 3.63) is 58.3 Å². The molecule has 0 saturated heterocycles. The van der Waals surface area contributed by atoms with Gasteiger partial charge < -0.3 is 15.7 Å². The summed E-state index contributed by atoms with van der Waals surface area (Å²) in [6.07, 6.45) is 0.166. The minimum atomic E-state index is -0.988. The van der Waals surface area contributed by atoms with Crippen LogP contribution in [-0.2, 0) is 16.0 Å². The molecule has 2 aromatic rings. The van der Waals surface area contributed by atoms with Crippen LogP contribution in [0, 0.1) is 0 Å². The number of benzene rings is 1. The van der Waals surface area contributed by atoms with E-state index in [0.717, 1.165) is 5.56 Å². The van der Waals surface area contributed by atoms with Crippen LogP contribution in [0.4, 0.5) is 0 Å². The van der Waals surface area contributed by atoms with Gasteiger partial charge in [-0.25, -0.2) is 0 Å². The SMILES string of the molecule is O=C(O)CCNC(=O)[C@H](Cc1ccccc1)NC(=O)c1cccs1. The zero-order valence-electron chi connectivity index (χ0n) is 12.9. The molecule has 0 saturated carbocycles. The van der Waals surface area contributed by atoms with Crippen molar-refractivity contribution in [2.75, 3.05) is 6.54 Å². The van der Waals surface area contributed by atoms with Gasteiger partial charge in [-0.3, -0.25) is 14.4 Å². The fourth-order valence-electron chi connectivity index (χ4n) is 2.11. The second-order valence-electron chi connectivity index (χ2n) is 5.13. The van der Waals surface area contributed by atoms with Crippen molar-refractivity contribution in [2.24, 2.45) is 0 Å². The number of rotatable bonds is 8. The quantitative estimate of drug-likeness (QED) is 0.678. The average Bonchev–Trinajstić information content (AvgIpc) is 3.09. The molecule has 0 radical (unpaired) electrons. The van der Waals surface area contributed by atoms with Gasteiger partial charge in [-0.1, -0.05) is 36.4 Å². The highest BCUT2D eigenvalue weighted by Gasteiger charge is 2.22. The van der Waals surface area contributed by atoms with Gasteiger partial charge in [0.05, 0.1) is 11.3 Å². The molecule has 1 aromatic heterocycles. The van der Waals surface area contributed by atoms with E-state index in [-0.39, 0.29) is 18.9 Å². The highest BCUT2D eigenvalue weighted by molar-refractivity contribution is 7.12. The zero-order valence-corrected chi connectivity index (χ0v) is 13.7. The van der Waals surface area contributed by atoms with Gasteiger partial charge >= 0.3 is 5.97 Å². The van der Waals surface area contributed by atoms with Crippen molar-refractivity contribution in [1.82, 2.24) is 10.6 Å². The Morgan fingerprint density at radius 2 is 1.83 bits per heavy atom. The Morgan fingerprint density at radius 3 is 2.46 bits per heavy atom. The maximum absolute atomic E-state index is 12.3. The highest BCUT2D eigenvalue weighted by atomic mass is 32.1. The van der Waals surface area contributed by atoms with Crippen LogP contribution in [0.25, 0.3) is 0 Å². The van der Waals surface area contributed by atoms with E-state index < -0.39 is 17.9 Å². The Morgan fingerprint density at radius 1 is 1.08 bits per heavy atom. The molecule has 6 nitrogen and oxygen atoms in total. The van der Waals surface area contributed by atoms with Crippen molar-refractivity contribution in [2.45, 2.75) is 18.9 Å². The Labute approximate surface area is 143 Å². The molecule has 0 aliphatic rings. The third kappa shape index (κ3) is 5.51. The maximum Gasteiger partial charge on any atom is 0.305 e. The van der Waals surface area contributed by atoms with Gasteiger partial charge in [-0.2, -0.15) is 0 Å². The first-order valence-corrected chi connectivity index (χ1v) is 8.32. The third-order valence-electron chi connectivity index (χ3n) is 3.29. The summed E-state index contributed by atoms with van der Waals surface area (Å²) >= 11 is 1.29. The molecule has 0 fully saturated rings. The molecule has 1 aromatic carbocycles. The van der Waals surface area contributed by atoms with E-state index in [1.165, 1.54) is 11.3 Å². The second-order valence-corrected chi connectivity index (χ2v) is 6.08. The number of amides is 2. The molecule has 1 atom stereocenters. The summed E-state index contributed by atoms with van der Waals surface area (Å²) in [6, 6.07) is 12.0. The molecular formula is C17H18N2O4S. The summed E-state index contributed by atoms with van der Waals surface area (Å²) in [6.45, 7) is 0.0222. The Hall–Kier alpha value is -2.67. The van der Waals surface area contributed by atoms with Gasteiger partial charge in [0.15, 0.2) is 0 Å². The van der Waals surface area contributed by atoms with Crippen molar-refractivity contribution in [3.63, 3.8) is 0 Å². The highest BCUT2D eigenvalue weighted by Crippen LogP contribution is 2.10. The Kier molecular flexibility index (Phi) is 6.51. The molecule has 0 bridgehead atoms. The van der Waals surface area contributed by atoms with Gasteiger partial charge in [0.1, 0.15) is 6.04 Å². The van der Waals surface area contributed by atoms with Crippen LogP contribution in [0.5, 0.6) is 0 Å². The molecule has 0 unspecified atom stereocenters. The minimum Gasteiger partial charge on any atom is -0.481 e. The number of thiophene rings is 1. The van der Waals surface area contributed by atoms with Crippen LogP contribution >= 0.6 is 11.3 Å². The molecule has 0 spiro atoms. The first kappa shape index (κ1) is 17.7. The lowest BCUT2D eigenvalue weighted by molar-refractivity contribution is -0.137. The molecule has 0 aliphatic carbocycles. The van der Waals surface area contributed by atoms with Crippen LogP contribution in [0.2, 0.25) is 0 Å². The number of carboxylic acid groups (broad SMARTS) is 1. The smallest absolute Gasteiger partial charge is 0.305 e. The lowest BCUT2D eigenvalue weighted by Gasteiger charge is -2.18. The van der Waals surface area contributed by atoms with Crippen LogP contribution in [0.15, 0.2) is 47.8 Å². The Bertz CT molecular complexity index is 686. The number of hydrogen-bond donors (Lipinski definition) is 3. The van der Waals surface area contributed by atoms with E-state index in [2.05, 4.69) is 10.6 Å². The standard InChI is InChI=1S/C17H18N2O4S/c20-15(21)8-9-18-16(22)13(11-12-5-2-1-3-6-12)19-17(23)14-7-4-10-24-14/h1-7,10,13H,8-9,11H2,(H,18,22)(H,19,23)(H,20,21)/t13-/m0/s1. The summed E-state index contributed by atoms with van der Waals surface area (Å²) in [5.41, 5.74) is 0.905. The molecule has 7 heteroatoms. The third-order valence-corrected chi connectivity index (χ3v) is 4.16. The lowest BCUT2D eigenvalue weighted by Crippen LogP contribution is -2.48. The lowest BCUT2D eigenvalue weighted by atomic mass is 10.1. The minimum absolute atomic E-state index is 0.0222. The second kappa shape index (κ2) is 8.83. The number of carbonyl (C=O) groups excluding carboxylic acids is 2. The number of aliphatic carboxylic acids is 1. The Balaban J connectivity index is 2.04. The zero-order chi connectivity index (χ0) is 17.4. The average molecular weight is 346 g/mol. The molecule has 0 aliphatic heterocycles. The van der Waals surface area contributed by atoms with Gasteiger partial charge in [-0.15, -0.1) is 11.3 Å². The van der Waals surface area contributed by atoms with E-state index >= 15 is 0 Å². The topological polar surface area (TPSA) is 95.5 Å². The number of nitrogens with one attached hydrogen (secondary N) is 2. The van der Waals surface area contributed by atoms with Crippen LogP contribution in [0.1, 0.15) is 21.7 Å². The molecule has 2 rings (SSSR count). The molecule has 24 heavy (non-hydrogen) atoms. The van der Waals surface area contributed by atoms with Crippen LogP contribution in [0.3, 0.4) is 0 Å². The van der Waals surface area contributed by atoms with Crippen LogP contribution < -0.4 is 10.6 Å². The van der Waals surface area contributed by atoms with E-state index in [9.17, 15) is 14.4 Å². The fraction of sp³-hybridized carbons (Fsp3) is 0.235. The van der Waals surface area contributed by atoms with Crippen molar-refractivity contribution < 1.29 is 19.5 Å². The first-order chi connectivity index (χ1) is 11.6. The fourth-order valence-corrected chi connectivity index (χ4v) is 2.74. The summed E-state index contributed by atoms with van der Waals surface area (Å²) in [5, 5.41) is 15.7. The van der Waals surface area contributed by atoms with Gasteiger partial charge in [-0.05, 0) is 17.0 Å². The molecule has 2 amide bonds. The largest absolute Gasteiger partial charge is 0.481 e. The number of carbonyl (C=O) groups is 3. The predicted molar refractivity (Wildman–Crippen MR) is 91.0 cm³/mol. The summed E-state index contributed by atoms with van der Waals surface area (Å²) in [4.78, 5) is 35.6. The van der Waals surface area contributed by atoms with Gasteiger partial charge in [0.25, 0.3) is 5.91 Å². The van der Waals surface area contributed by atoms with E-state index in [4.69, 9.17) is 5.11 Å². The van der Waals surface area contributed by atoms with E-state index in [0.29, 0.717) is 11.3 Å². The maximum atomic E-state index is 12.3. The van der Waals surface area contributed by atoms with Crippen molar-refractivity contribution in [3.8, 4) is 0 Å². The number of carboxylic acids is 1. The normalized spacial score (nSPS) is 11.5. The first-order valence-electron chi connectivity index (χ1n) is 7.44. The van der Waals surface area contributed by atoms with Crippen LogP contribution in [-0.4, -0.2) is 35.5 Å². The summed E-state index contributed by atoms with van der Waals surface area (Å²) in [7, 11) is 0. The molecule has 3 N–H and O–H groups in total. The van der Waals surface area contributed by atoms with E-state index in [1.807, 2.05) is 30.3 Å². The molecular weight excluding hydrogens is 328 g/mol. The molecule has 1 heterocycles. The van der Waals surface area contributed by atoms with Crippen molar-refractivity contribution >= 4 is 29.1 Å². The van der Waals surface area contributed by atoms with E-state index in [1.54, 1.807) is 17.5 Å².